The Morgan fingerprint density at radius 3 is 2.22 bits per heavy atom. The first kappa shape index (κ1) is 22.5. The smallest absolute Gasteiger partial charge is 0.417 e. The largest absolute Gasteiger partial charge is 0.423 e. The number of hydrogen-bond donors (Lipinski definition) is 0. The van der Waals surface area contributed by atoms with E-state index in [0.29, 0.717) is 11.6 Å². The summed E-state index contributed by atoms with van der Waals surface area (Å²) in [6.07, 6.45) is -3.78. The molecule has 0 unspecified atom stereocenters. The van der Waals surface area contributed by atoms with E-state index >= 15 is 0 Å². The highest BCUT2D eigenvalue weighted by atomic mass is 19.4. The summed E-state index contributed by atoms with van der Waals surface area (Å²) in [5.74, 6) is -2.00. The minimum Gasteiger partial charge on any atom is -0.423 e. The molecule has 0 bridgehead atoms. The highest BCUT2D eigenvalue weighted by Gasteiger charge is 2.36. The van der Waals surface area contributed by atoms with Crippen molar-refractivity contribution < 1.29 is 36.7 Å². The molecule has 1 aromatic heterocycles. The number of benzene rings is 2. The zero-order valence-corrected chi connectivity index (χ0v) is 16.6. The fourth-order valence-corrected chi connectivity index (χ4v) is 2.47. The molecule has 0 amide bonds. The van der Waals surface area contributed by atoms with E-state index in [1.165, 1.54) is 37.3 Å². The van der Waals surface area contributed by atoms with E-state index in [9.17, 15) is 22.8 Å². The number of halogens is 3. The van der Waals surface area contributed by atoms with Crippen LogP contribution in [0.2, 0.25) is 0 Å². The van der Waals surface area contributed by atoms with Crippen molar-refractivity contribution in [2.24, 2.45) is 0 Å². The summed E-state index contributed by atoms with van der Waals surface area (Å²) in [5, 5.41) is 7.48. The summed E-state index contributed by atoms with van der Waals surface area (Å²) in [6, 6.07) is 8.81. The van der Waals surface area contributed by atoms with Gasteiger partial charge in [-0.15, -0.1) is 10.2 Å². The third-order valence-electron chi connectivity index (χ3n) is 4.00. The topological polar surface area (TPSA) is 91.5 Å². The maximum Gasteiger partial charge on any atom is 0.417 e. The maximum absolute atomic E-state index is 13.6. The summed E-state index contributed by atoms with van der Waals surface area (Å²) < 4.78 is 56.1. The molecule has 0 fully saturated rings. The van der Waals surface area contributed by atoms with Crippen LogP contribution in [0.4, 0.5) is 13.2 Å². The van der Waals surface area contributed by atoms with Gasteiger partial charge in [-0.2, -0.15) is 13.2 Å². The number of nitrogens with zero attached hydrogens (tertiary/aromatic N) is 2. The van der Waals surface area contributed by atoms with Gasteiger partial charge in [0.05, 0.1) is 11.1 Å². The summed E-state index contributed by atoms with van der Waals surface area (Å²) in [4.78, 5) is 22.8. The van der Waals surface area contributed by atoms with Gasteiger partial charge in [0.2, 0.25) is 11.8 Å². The molecule has 3 rings (SSSR count). The Morgan fingerprint density at radius 2 is 1.62 bits per heavy atom. The number of carbonyl (C=O) groups is 2. The molecule has 164 valence electrons. The Kier molecular flexibility index (Phi) is 6.24. The van der Waals surface area contributed by atoms with Gasteiger partial charge in [0.15, 0.2) is 0 Å². The summed E-state index contributed by atoms with van der Waals surface area (Å²) in [6.45, 7) is 8.04. The Labute approximate surface area is 179 Å². The van der Waals surface area contributed by atoms with Gasteiger partial charge >= 0.3 is 18.1 Å². The van der Waals surface area contributed by atoms with Crippen molar-refractivity contribution in [2.45, 2.75) is 13.1 Å². The molecule has 32 heavy (non-hydrogen) atoms. The normalized spacial score (nSPS) is 11.0. The van der Waals surface area contributed by atoms with Crippen molar-refractivity contribution in [3.8, 4) is 34.4 Å². The molecule has 1 heterocycles. The lowest BCUT2D eigenvalue weighted by molar-refractivity contribution is -0.138. The monoisotopic (exact) mass is 444 g/mol. The molecule has 0 saturated heterocycles. The standard InChI is InChI=1S/C22H15F3N2O5/c1-4-18(28)30-14-7-5-13(6-8-14)19-26-27-20(32-19)16-10-9-15(31-21(29)12(2)3)11-17(16)22(23,24)25/h4-11H,1-2H2,3H3. The van der Waals surface area contributed by atoms with E-state index in [4.69, 9.17) is 13.9 Å². The first-order chi connectivity index (χ1) is 15.1. The second kappa shape index (κ2) is 8.88. The van der Waals surface area contributed by atoms with Gasteiger partial charge in [-0.3, -0.25) is 0 Å². The predicted molar refractivity (Wildman–Crippen MR) is 106 cm³/mol. The molecule has 0 aliphatic rings. The number of hydrogen-bond acceptors (Lipinski definition) is 7. The van der Waals surface area contributed by atoms with E-state index < -0.39 is 23.7 Å². The zero-order chi connectivity index (χ0) is 23.5. The summed E-state index contributed by atoms with van der Waals surface area (Å²) in [5.41, 5.74) is -1.08. The molecule has 0 saturated carbocycles. The first-order valence-electron chi connectivity index (χ1n) is 8.96. The number of alkyl halides is 3. The van der Waals surface area contributed by atoms with Crippen molar-refractivity contribution in [1.82, 2.24) is 10.2 Å². The molecular weight excluding hydrogens is 429 g/mol. The van der Waals surface area contributed by atoms with E-state index in [1.54, 1.807) is 0 Å². The second-order valence-corrected chi connectivity index (χ2v) is 6.44. The SMILES string of the molecule is C=CC(=O)Oc1ccc(-c2nnc(-c3ccc(OC(=O)C(=C)C)cc3C(F)(F)F)o2)cc1. The van der Waals surface area contributed by atoms with Crippen molar-refractivity contribution in [3.63, 3.8) is 0 Å². The van der Waals surface area contributed by atoms with Gasteiger partial charge in [0, 0.05) is 17.2 Å². The van der Waals surface area contributed by atoms with Crippen LogP contribution in [0.25, 0.3) is 22.9 Å². The van der Waals surface area contributed by atoms with Crippen LogP contribution in [0.15, 0.2) is 71.7 Å². The molecular formula is C22H15F3N2O5. The average Bonchev–Trinajstić information content (AvgIpc) is 3.23. The number of esters is 2. The van der Waals surface area contributed by atoms with Crippen LogP contribution >= 0.6 is 0 Å². The third kappa shape index (κ3) is 5.09. The van der Waals surface area contributed by atoms with Gasteiger partial charge in [-0.25, -0.2) is 9.59 Å². The van der Waals surface area contributed by atoms with Gasteiger partial charge in [0.25, 0.3) is 0 Å². The first-order valence-corrected chi connectivity index (χ1v) is 8.96. The lowest BCUT2D eigenvalue weighted by Crippen LogP contribution is -2.11. The van der Waals surface area contributed by atoms with Crippen LogP contribution in [0.1, 0.15) is 12.5 Å². The highest BCUT2D eigenvalue weighted by molar-refractivity contribution is 5.89. The summed E-state index contributed by atoms with van der Waals surface area (Å²) in [7, 11) is 0. The molecule has 0 N–H and O–H groups in total. The second-order valence-electron chi connectivity index (χ2n) is 6.44. The number of aromatic nitrogens is 2. The van der Waals surface area contributed by atoms with E-state index in [1.807, 2.05) is 0 Å². The number of carbonyl (C=O) groups excluding carboxylic acids is 2. The minimum absolute atomic E-state index is 0.0365. The van der Waals surface area contributed by atoms with Crippen LogP contribution in [0, 0.1) is 0 Å². The Hall–Kier alpha value is -4.21. The Balaban J connectivity index is 1.92. The van der Waals surface area contributed by atoms with Crippen LogP contribution in [-0.2, 0) is 15.8 Å². The molecule has 0 spiro atoms. The van der Waals surface area contributed by atoms with Gasteiger partial charge in [-0.05, 0) is 49.4 Å². The predicted octanol–water partition coefficient (Wildman–Crippen LogP) is 5.00. The molecule has 0 radical (unpaired) electrons. The minimum atomic E-state index is -4.79. The van der Waals surface area contributed by atoms with Crippen LogP contribution < -0.4 is 9.47 Å². The molecule has 0 atom stereocenters. The van der Waals surface area contributed by atoms with Gasteiger partial charge in [-0.1, -0.05) is 13.2 Å². The molecule has 2 aromatic carbocycles. The number of rotatable bonds is 6. The van der Waals surface area contributed by atoms with Crippen LogP contribution in [-0.4, -0.2) is 22.1 Å². The van der Waals surface area contributed by atoms with Crippen molar-refractivity contribution in [1.29, 1.82) is 0 Å². The molecule has 10 heteroatoms. The van der Waals surface area contributed by atoms with Crippen LogP contribution in [0.5, 0.6) is 11.5 Å². The van der Waals surface area contributed by atoms with Crippen LogP contribution in [0.3, 0.4) is 0 Å². The maximum atomic E-state index is 13.6. The molecule has 0 aliphatic heterocycles. The third-order valence-corrected chi connectivity index (χ3v) is 4.00. The molecule has 0 aliphatic carbocycles. The molecule has 3 aromatic rings. The Bertz CT molecular complexity index is 1200. The number of ether oxygens (including phenoxy) is 2. The van der Waals surface area contributed by atoms with Crippen molar-refractivity contribution >= 4 is 11.9 Å². The lowest BCUT2D eigenvalue weighted by atomic mass is 10.1. The van der Waals surface area contributed by atoms with E-state index in [-0.39, 0.29) is 34.4 Å². The zero-order valence-electron chi connectivity index (χ0n) is 16.6. The van der Waals surface area contributed by atoms with E-state index in [0.717, 1.165) is 12.1 Å². The quantitative estimate of drug-likeness (QED) is 0.300. The highest BCUT2D eigenvalue weighted by Crippen LogP contribution is 2.39. The van der Waals surface area contributed by atoms with Crippen molar-refractivity contribution in [2.75, 3.05) is 0 Å². The molecule has 7 nitrogen and oxygen atoms in total. The van der Waals surface area contributed by atoms with E-state index in [2.05, 4.69) is 23.4 Å². The van der Waals surface area contributed by atoms with Gasteiger partial charge in [0.1, 0.15) is 11.5 Å². The summed E-state index contributed by atoms with van der Waals surface area (Å²) >= 11 is 0. The Morgan fingerprint density at radius 1 is 1.00 bits per heavy atom. The lowest BCUT2D eigenvalue weighted by Gasteiger charge is -2.12. The fourth-order valence-electron chi connectivity index (χ4n) is 2.47. The fraction of sp³-hybridized carbons (Fsp3) is 0.0909. The van der Waals surface area contributed by atoms with Crippen molar-refractivity contribution in [3.05, 3.63) is 72.8 Å². The average molecular weight is 444 g/mol. The van der Waals surface area contributed by atoms with Gasteiger partial charge < -0.3 is 13.9 Å².